The summed E-state index contributed by atoms with van der Waals surface area (Å²) in [6, 6.07) is 18.6. The lowest BCUT2D eigenvalue weighted by molar-refractivity contribution is -0.917. The second-order valence-corrected chi connectivity index (χ2v) is 10.3. The molecule has 0 aliphatic carbocycles. The molecule has 0 N–H and O–H groups in total. The summed E-state index contributed by atoms with van der Waals surface area (Å²) in [5.41, 5.74) is 2.58. The maximum Gasteiger partial charge on any atom is 0.364 e. The Hall–Kier alpha value is -2.33. The number of hydrogen-bond donors (Lipinski definition) is 0. The molecule has 1 atom stereocenters. The maximum absolute atomic E-state index is 12.6. The van der Waals surface area contributed by atoms with Gasteiger partial charge >= 0.3 is 5.97 Å². The smallest absolute Gasteiger partial charge is 0.364 e. The van der Waals surface area contributed by atoms with Crippen LogP contribution in [0.5, 0.6) is 5.75 Å². The van der Waals surface area contributed by atoms with Gasteiger partial charge < -0.3 is 14.0 Å². The van der Waals surface area contributed by atoms with Crippen LogP contribution in [0, 0.1) is 0 Å². The lowest BCUT2D eigenvalue weighted by atomic mass is 10.0. The largest absolute Gasteiger partial charge is 0.494 e. The van der Waals surface area contributed by atoms with E-state index >= 15 is 0 Å². The van der Waals surface area contributed by atoms with Gasteiger partial charge in [0.2, 0.25) is 0 Å². The number of nitrogens with zero attached hydrogens (tertiary/aromatic N) is 1. The summed E-state index contributed by atoms with van der Waals surface area (Å²) in [5.74, 6) is 0.806. The molecule has 4 nitrogen and oxygen atoms in total. The van der Waals surface area contributed by atoms with E-state index < -0.39 is 0 Å². The van der Waals surface area contributed by atoms with E-state index in [9.17, 15) is 4.79 Å². The molecule has 0 aliphatic rings. The molecule has 0 bridgehead atoms. The number of aryl methyl sites for hydroxylation is 1. The highest BCUT2D eigenvalue weighted by Gasteiger charge is 2.32. The minimum absolute atomic E-state index is 0.134. The molecule has 0 spiro atoms. The molecule has 1 unspecified atom stereocenters. The SMILES string of the molecule is CCCCCCCCCc1cccc(OCCCCOC(=O)C(C)[N+](C)(C)Cc2ccccc2)c1. The molecule has 0 aromatic heterocycles. The quantitative estimate of drug-likeness (QED) is 0.127. The van der Waals surface area contributed by atoms with E-state index in [0.29, 0.717) is 17.7 Å². The number of carbonyl (C=O) groups excluding carboxylic acids is 1. The summed E-state index contributed by atoms with van der Waals surface area (Å²) in [5, 5.41) is 0. The zero-order chi connectivity index (χ0) is 25.4. The van der Waals surface area contributed by atoms with Gasteiger partial charge in [0.1, 0.15) is 12.3 Å². The van der Waals surface area contributed by atoms with Gasteiger partial charge in [0.15, 0.2) is 6.04 Å². The zero-order valence-corrected chi connectivity index (χ0v) is 22.6. The maximum atomic E-state index is 12.6. The van der Waals surface area contributed by atoms with Gasteiger partial charge in [-0.25, -0.2) is 4.79 Å². The molecule has 0 radical (unpaired) electrons. The predicted octanol–water partition coefficient (Wildman–Crippen LogP) is 7.35. The second kappa shape index (κ2) is 16.4. The molecular formula is C31H48NO3+. The number of likely N-dealkylation sites (N-methyl/N-ethyl adjacent to an activating group) is 1. The number of esters is 1. The van der Waals surface area contributed by atoms with Gasteiger partial charge in [-0.2, -0.15) is 0 Å². The highest BCUT2D eigenvalue weighted by atomic mass is 16.5. The number of unbranched alkanes of at least 4 members (excludes halogenated alkanes) is 7. The highest BCUT2D eigenvalue weighted by Crippen LogP contribution is 2.18. The number of rotatable bonds is 18. The Labute approximate surface area is 214 Å². The Morgan fingerprint density at radius 2 is 1.46 bits per heavy atom. The van der Waals surface area contributed by atoms with E-state index in [1.54, 1.807) is 0 Å². The zero-order valence-electron chi connectivity index (χ0n) is 22.6. The van der Waals surface area contributed by atoms with Gasteiger partial charge in [-0.1, -0.05) is 87.9 Å². The Bertz CT molecular complexity index is 834. The molecule has 35 heavy (non-hydrogen) atoms. The molecule has 0 fully saturated rings. The van der Waals surface area contributed by atoms with Crippen LogP contribution in [0.15, 0.2) is 54.6 Å². The van der Waals surface area contributed by atoms with Crippen molar-refractivity contribution < 1.29 is 18.8 Å². The Morgan fingerprint density at radius 3 is 2.20 bits per heavy atom. The Balaban J connectivity index is 1.59. The van der Waals surface area contributed by atoms with E-state index in [2.05, 4.69) is 51.4 Å². The van der Waals surface area contributed by atoms with Crippen molar-refractivity contribution in [2.24, 2.45) is 0 Å². The lowest BCUT2D eigenvalue weighted by Crippen LogP contribution is -2.51. The molecule has 0 heterocycles. The fourth-order valence-corrected chi connectivity index (χ4v) is 4.24. The number of quaternary nitrogens is 1. The molecule has 2 rings (SSSR count). The Morgan fingerprint density at radius 1 is 0.800 bits per heavy atom. The van der Waals surface area contributed by atoms with Crippen molar-refractivity contribution in [2.75, 3.05) is 27.3 Å². The first kappa shape index (κ1) is 28.9. The fourth-order valence-electron chi connectivity index (χ4n) is 4.24. The van der Waals surface area contributed by atoms with Gasteiger partial charge in [0.05, 0.1) is 27.3 Å². The third-order valence-electron chi connectivity index (χ3n) is 6.84. The van der Waals surface area contributed by atoms with Crippen LogP contribution in [0.3, 0.4) is 0 Å². The summed E-state index contributed by atoms with van der Waals surface area (Å²) in [6.45, 7) is 6.09. The molecule has 0 aliphatic heterocycles. The van der Waals surface area contributed by atoms with Gasteiger partial charge in [-0.05, 0) is 50.3 Å². The predicted molar refractivity (Wildman–Crippen MR) is 146 cm³/mol. The first-order valence-corrected chi connectivity index (χ1v) is 13.7. The van der Waals surface area contributed by atoms with Crippen molar-refractivity contribution in [1.29, 1.82) is 0 Å². The van der Waals surface area contributed by atoms with E-state index in [0.717, 1.165) is 31.6 Å². The van der Waals surface area contributed by atoms with Crippen LogP contribution >= 0.6 is 0 Å². The van der Waals surface area contributed by atoms with Crippen molar-refractivity contribution in [1.82, 2.24) is 0 Å². The van der Waals surface area contributed by atoms with Crippen LogP contribution in [0.2, 0.25) is 0 Å². The molecule has 2 aromatic rings. The number of hydrogen-bond acceptors (Lipinski definition) is 3. The average molecular weight is 483 g/mol. The molecular weight excluding hydrogens is 434 g/mol. The minimum atomic E-state index is -0.217. The van der Waals surface area contributed by atoms with E-state index in [1.165, 1.54) is 56.1 Å². The molecule has 0 saturated heterocycles. The van der Waals surface area contributed by atoms with Crippen LogP contribution in [-0.2, 0) is 22.5 Å². The number of benzene rings is 2. The summed E-state index contributed by atoms with van der Waals surface area (Å²) >= 11 is 0. The Kier molecular flexibility index (Phi) is 13.5. The lowest BCUT2D eigenvalue weighted by Gasteiger charge is -2.34. The van der Waals surface area contributed by atoms with Crippen LogP contribution in [0.25, 0.3) is 0 Å². The van der Waals surface area contributed by atoms with Crippen LogP contribution in [0.1, 0.15) is 82.8 Å². The second-order valence-electron chi connectivity index (χ2n) is 10.3. The van der Waals surface area contributed by atoms with Crippen molar-refractivity contribution in [3.05, 3.63) is 65.7 Å². The summed E-state index contributed by atoms with van der Waals surface area (Å²) in [4.78, 5) is 12.6. The first-order valence-electron chi connectivity index (χ1n) is 13.7. The standard InChI is InChI=1S/C31H48NO3/c1-5-6-7-8-9-10-12-18-28-21-17-22-30(25-28)34-23-15-16-24-35-31(33)27(2)32(3,4)26-29-19-13-11-14-20-29/h11,13-14,17,19-22,25,27H,5-10,12,15-16,18,23-24,26H2,1-4H3/q+1. The van der Waals surface area contributed by atoms with Crippen molar-refractivity contribution in [3.8, 4) is 5.75 Å². The van der Waals surface area contributed by atoms with Crippen LogP contribution in [0.4, 0.5) is 0 Å². The van der Waals surface area contributed by atoms with Crippen LogP contribution in [-0.4, -0.2) is 43.8 Å². The van der Waals surface area contributed by atoms with E-state index in [-0.39, 0.29) is 12.0 Å². The minimum Gasteiger partial charge on any atom is -0.494 e. The van der Waals surface area contributed by atoms with Crippen molar-refractivity contribution in [3.63, 3.8) is 0 Å². The average Bonchev–Trinajstić information content (AvgIpc) is 2.85. The third-order valence-corrected chi connectivity index (χ3v) is 6.84. The summed E-state index contributed by atoms with van der Waals surface area (Å²) in [7, 11) is 4.16. The third kappa shape index (κ3) is 11.8. The van der Waals surface area contributed by atoms with Gasteiger partial charge in [0.25, 0.3) is 0 Å². The normalized spacial score (nSPS) is 12.3. The fraction of sp³-hybridized carbons (Fsp3) is 0.581. The molecule has 2 aromatic carbocycles. The van der Waals surface area contributed by atoms with Gasteiger partial charge in [0, 0.05) is 5.56 Å². The van der Waals surface area contributed by atoms with E-state index in [1.807, 2.05) is 31.2 Å². The van der Waals surface area contributed by atoms with Crippen molar-refractivity contribution >= 4 is 5.97 Å². The first-order chi connectivity index (χ1) is 16.9. The van der Waals surface area contributed by atoms with Gasteiger partial charge in [-0.15, -0.1) is 0 Å². The van der Waals surface area contributed by atoms with Crippen molar-refractivity contribution in [2.45, 2.75) is 90.6 Å². The summed E-state index contributed by atoms with van der Waals surface area (Å²) in [6.07, 6.45) is 12.1. The number of carbonyl (C=O) groups is 1. The molecule has 0 saturated carbocycles. The summed E-state index contributed by atoms with van der Waals surface area (Å²) < 4.78 is 12.1. The molecule has 194 valence electrons. The molecule has 0 amide bonds. The molecule has 4 heteroatoms. The monoisotopic (exact) mass is 482 g/mol. The topological polar surface area (TPSA) is 35.5 Å². The van der Waals surface area contributed by atoms with Crippen LogP contribution < -0.4 is 4.74 Å². The highest BCUT2D eigenvalue weighted by molar-refractivity contribution is 5.74. The number of ether oxygens (including phenoxy) is 2. The van der Waals surface area contributed by atoms with E-state index in [4.69, 9.17) is 9.47 Å². The van der Waals surface area contributed by atoms with Gasteiger partial charge in [-0.3, -0.25) is 0 Å².